The zero-order valence-corrected chi connectivity index (χ0v) is 18.4. The highest BCUT2D eigenvalue weighted by molar-refractivity contribution is 5.69. The number of benzene rings is 2. The summed E-state index contributed by atoms with van der Waals surface area (Å²) < 4.78 is 11.8. The molecule has 0 amide bonds. The van der Waals surface area contributed by atoms with Gasteiger partial charge >= 0.3 is 0 Å². The summed E-state index contributed by atoms with van der Waals surface area (Å²) >= 11 is 0. The highest BCUT2D eigenvalue weighted by Crippen LogP contribution is 2.32. The third kappa shape index (κ3) is 4.45. The predicted octanol–water partition coefficient (Wildman–Crippen LogP) is 6.39. The zero-order valence-electron chi connectivity index (χ0n) is 18.4. The fraction of sp³-hybridized carbons (Fsp3) is 0.346. The molecular weight excluding hydrogens is 358 g/mol. The summed E-state index contributed by atoms with van der Waals surface area (Å²) in [5, 5.41) is 0. The molecule has 2 aromatic carbocycles. The molecule has 3 aromatic rings. The van der Waals surface area contributed by atoms with Crippen LogP contribution in [0.5, 0.6) is 11.5 Å². The van der Waals surface area contributed by atoms with Gasteiger partial charge in [-0.3, -0.25) is 4.98 Å². The standard InChI is InChI=1S/C26H31NO2/c1-7-20-10-9-11-21(8-2)26(20)24-14-25(28-6)22(15-27-24)16-29-23-12-17(3)19(5)18(4)13-23/h9-15H,7-8,16H2,1-6H3. The Morgan fingerprint density at radius 1 is 0.862 bits per heavy atom. The summed E-state index contributed by atoms with van der Waals surface area (Å²) in [6.45, 7) is 11.2. The minimum Gasteiger partial charge on any atom is -0.496 e. The number of hydrogen-bond acceptors (Lipinski definition) is 3. The van der Waals surface area contributed by atoms with Gasteiger partial charge in [-0.05, 0) is 73.6 Å². The molecule has 0 saturated heterocycles. The fourth-order valence-corrected chi connectivity index (χ4v) is 3.71. The number of pyridine rings is 1. The monoisotopic (exact) mass is 389 g/mol. The molecule has 0 fully saturated rings. The largest absolute Gasteiger partial charge is 0.496 e. The van der Waals surface area contributed by atoms with Crippen molar-refractivity contribution in [1.82, 2.24) is 4.98 Å². The zero-order chi connectivity index (χ0) is 21.0. The van der Waals surface area contributed by atoms with E-state index in [4.69, 9.17) is 14.5 Å². The van der Waals surface area contributed by atoms with Crippen molar-refractivity contribution < 1.29 is 9.47 Å². The van der Waals surface area contributed by atoms with Crippen LogP contribution in [0.4, 0.5) is 0 Å². The first-order valence-electron chi connectivity index (χ1n) is 10.3. The lowest BCUT2D eigenvalue weighted by Crippen LogP contribution is -2.03. The van der Waals surface area contributed by atoms with Gasteiger partial charge in [0.25, 0.3) is 0 Å². The molecule has 0 N–H and O–H groups in total. The van der Waals surface area contributed by atoms with E-state index in [0.717, 1.165) is 35.6 Å². The van der Waals surface area contributed by atoms with E-state index < -0.39 is 0 Å². The van der Waals surface area contributed by atoms with Gasteiger partial charge in [-0.15, -0.1) is 0 Å². The van der Waals surface area contributed by atoms with Crippen molar-refractivity contribution in [2.24, 2.45) is 0 Å². The van der Waals surface area contributed by atoms with Crippen LogP contribution in [0.3, 0.4) is 0 Å². The van der Waals surface area contributed by atoms with E-state index in [0.29, 0.717) is 6.61 Å². The van der Waals surface area contributed by atoms with Gasteiger partial charge in [0.2, 0.25) is 0 Å². The van der Waals surface area contributed by atoms with E-state index in [1.54, 1.807) is 7.11 Å². The van der Waals surface area contributed by atoms with Crippen LogP contribution in [0.1, 0.15) is 47.2 Å². The second-order valence-corrected chi connectivity index (χ2v) is 7.51. The Morgan fingerprint density at radius 3 is 2.03 bits per heavy atom. The average molecular weight is 390 g/mol. The van der Waals surface area contributed by atoms with Crippen LogP contribution in [0.15, 0.2) is 42.6 Å². The Hall–Kier alpha value is -2.81. The van der Waals surface area contributed by atoms with Crippen molar-refractivity contribution in [3.63, 3.8) is 0 Å². The molecule has 29 heavy (non-hydrogen) atoms. The molecule has 0 atom stereocenters. The van der Waals surface area contributed by atoms with Crippen molar-refractivity contribution >= 4 is 0 Å². The van der Waals surface area contributed by atoms with Gasteiger partial charge in [-0.1, -0.05) is 32.0 Å². The maximum atomic E-state index is 6.07. The Morgan fingerprint density at radius 2 is 1.48 bits per heavy atom. The van der Waals surface area contributed by atoms with Crippen molar-refractivity contribution in [3.05, 3.63) is 76.0 Å². The molecule has 0 aliphatic rings. The van der Waals surface area contributed by atoms with Gasteiger partial charge in [-0.2, -0.15) is 0 Å². The molecule has 0 aliphatic carbocycles. The number of rotatable bonds is 7. The van der Waals surface area contributed by atoms with Crippen molar-refractivity contribution in [3.8, 4) is 22.8 Å². The van der Waals surface area contributed by atoms with Crippen LogP contribution in [0.25, 0.3) is 11.3 Å². The molecule has 0 aliphatic heterocycles. The minimum atomic E-state index is 0.425. The third-order valence-electron chi connectivity index (χ3n) is 5.71. The van der Waals surface area contributed by atoms with Crippen molar-refractivity contribution in [2.45, 2.75) is 54.1 Å². The van der Waals surface area contributed by atoms with E-state index in [2.05, 4.69) is 65.0 Å². The second kappa shape index (κ2) is 9.13. The Bertz CT molecular complexity index is 962. The third-order valence-corrected chi connectivity index (χ3v) is 5.71. The number of methoxy groups -OCH3 is 1. The normalized spacial score (nSPS) is 10.8. The molecule has 0 saturated carbocycles. The fourth-order valence-electron chi connectivity index (χ4n) is 3.71. The van der Waals surface area contributed by atoms with Gasteiger partial charge in [0.05, 0.1) is 12.8 Å². The van der Waals surface area contributed by atoms with Gasteiger partial charge in [0, 0.05) is 23.4 Å². The summed E-state index contributed by atoms with van der Waals surface area (Å²) in [5.41, 5.74) is 9.55. The summed E-state index contributed by atoms with van der Waals surface area (Å²) in [7, 11) is 1.70. The summed E-state index contributed by atoms with van der Waals surface area (Å²) in [6, 6.07) is 12.7. The maximum Gasteiger partial charge on any atom is 0.129 e. The quantitative estimate of drug-likeness (QED) is 0.469. The number of nitrogens with zero attached hydrogens (tertiary/aromatic N) is 1. The van der Waals surface area contributed by atoms with Crippen LogP contribution in [-0.2, 0) is 19.4 Å². The van der Waals surface area contributed by atoms with Crippen LogP contribution in [-0.4, -0.2) is 12.1 Å². The lowest BCUT2D eigenvalue weighted by atomic mass is 9.94. The van der Waals surface area contributed by atoms with E-state index in [1.807, 2.05) is 12.3 Å². The van der Waals surface area contributed by atoms with Crippen LogP contribution in [0.2, 0.25) is 0 Å². The van der Waals surface area contributed by atoms with Gasteiger partial charge in [0.15, 0.2) is 0 Å². The van der Waals surface area contributed by atoms with Crippen molar-refractivity contribution in [2.75, 3.05) is 7.11 Å². The molecule has 1 heterocycles. The Labute approximate surface area is 174 Å². The number of aryl methyl sites for hydroxylation is 4. The molecular formula is C26H31NO2. The maximum absolute atomic E-state index is 6.07. The molecule has 0 unspecified atom stereocenters. The smallest absolute Gasteiger partial charge is 0.129 e. The van der Waals surface area contributed by atoms with E-state index >= 15 is 0 Å². The van der Waals surface area contributed by atoms with E-state index in [-0.39, 0.29) is 0 Å². The first-order valence-corrected chi connectivity index (χ1v) is 10.3. The number of aromatic nitrogens is 1. The topological polar surface area (TPSA) is 31.4 Å². The highest BCUT2D eigenvalue weighted by Gasteiger charge is 2.14. The summed E-state index contributed by atoms with van der Waals surface area (Å²) in [6.07, 6.45) is 3.84. The molecule has 3 rings (SSSR count). The van der Waals surface area contributed by atoms with Gasteiger partial charge in [0.1, 0.15) is 18.1 Å². The SMILES string of the molecule is CCc1cccc(CC)c1-c1cc(OC)c(COc2cc(C)c(C)c(C)c2)cn1. The second-order valence-electron chi connectivity index (χ2n) is 7.51. The lowest BCUT2D eigenvalue weighted by molar-refractivity contribution is 0.295. The molecule has 1 aromatic heterocycles. The molecule has 3 nitrogen and oxygen atoms in total. The number of ether oxygens (including phenoxy) is 2. The first kappa shape index (κ1) is 20.9. The Kier molecular flexibility index (Phi) is 6.58. The van der Waals surface area contributed by atoms with E-state index in [9.17, 15) is 0 Å². The van der Waals surface area contributed by atoms with Gasteiger partial charge < -0.3 is 9.47 Å². The molecule has 0 spiro atoms. The molecule has 3 heteroatoms. The van der Waals surface area contributed by atoms with Crippen LogP contribution >= 0.6 is 0 Å². The Balaban J connectivity index is 1.91. The molecule has 0 radical (unpaired) electrons. The van der Waals surface area contributed by atoms with Crippen molar-refractivity contribution in [1.29, 1.82) is 0 Å². The molecule has 0 bridgehead atoms. The van der Waals surface area contributed by atoms with E-state index in [1.165, 1.54) is 33.4 Å². The number of hydrogen-bond donors (Lipinski definition) is 0. The highest BCUT2D eigenvalue weighted by atomic mass is 16.5. The van der Waals surface area contributed by atoms with Crippen LogP contribution in [0, 0.1) is 20.8 Å². The minimum absolute atomic E-state index is 0.425. The summed E-state index contributed by atoms with van der Waals surface area (Å²) in [5.74, 6) is 1.69. The van der Waals surface area contributed by atoms with Gasteiger partial charge in [-0.25, -0.2) is 0 Å². The van der Waals surface area contributed by atoms with Crippen LogP contribution < -0.4 is 9.47 Å². The predicted molar refractivity (Wildman–Crippen MR) is 120 cm³/mol. The average Bonchev–Trinajstić information content (AvgIpc) is 2.75. The lowest BCUT2D eigenvalue weighted by Gasteiger charge is -2.16. The summed E-state index contributed by atoms with van der Waals surface area (Å²) in [4.78, 5) is 4.78. The first-order chi connectivity index (χ1) is 14.0. The molecule has 152 valence electrons.